The number of aryl methyl sites for hydroxylation is 1. The quantitative estimate of drug-likeness (QED) is 0.529. The van der Waals surface area contributed by atoms with Crippen LogP contribution in [0.1, 0.15) is 24.8 Å². The molecule has 0 spiro atoms. The standard InChI is InChI=1S/C18H17Cl5N2O3S/c1-11-5-7-12(8-6-11)29(27,28)24-15-13(19)14(25-9-3-2-4-10-25)16(26)18(22,23)17(15,20)21/h5-8H,2-4,9-10H2,1H3. The number of nitrogens with zero attached hydrogens (tertiary/aromatic N) is 2. The number of hydrogen-bond donors (Lipinski definition) is 0. The lowest BCUT2D eigenvalue weighted by molar-refractivity contribution is -0.118. The third-order valence-corrected chi connectivity index (χ3v) is 8.68. The van der Waals surface area contributed by atoms with Crippen LogP contribution in [0.3, 0.4) is 0 Å². The zero-order valence-electron chi connectivity index (χ0n) is 15.3. The van der Waals surface area contributed by atoms with E-state index in [2.05, 4.69) is 4.40 Å². The Hall–Kier alpha value is -0.500. The molecule has 5 nitrogen and oxygen atoms in total. The van der Waals surface area contributed by atoms with Crippen LogP contribution in [0.15, 0.2) is 44.3 Å². The van der Waals surface area contributed by atoms with Gasteiger partial charge in [-0.05, 0) is 38.3 Å². The van der Waals surface area contributed by atoms with Gasteiger partial charge in [-0.15, -0.1) is 0 Å². The molecular weight excluding hydrogens is 502 g/mol. The first kappa shape index (κ1) is 23.2. The fourth-order valence-electron chi connectivity index (χ4n) is 3.17. The Balaban J connectivity index is 2.20. The van der Waals surface area contributed by atoms with Crippen LogP contribution < -0.4 is 0 Å². The molecule has 0 amide bonds. The summed E-state index contributed by atoms with van der Waals surface area (Å²) in [5, 5.41) is -0.269. The maximum Gasteiger partial charge on any atom is 0.282 e. The van der Waals surface area contributed by atoms with Crippen molar-refractivity contribution in [3.63, 3.8) is 0 Å². The van der Waals surface area contributed by atoms with Gasteiger partial charge in [0.1, 0.15) is 11.4 Å². The number of ketones is 1. The second-order valence-electron chi connectivity index (χ2n) is 6.92. The molecule has 1 aromatic carbocycles. The van der Waals surface area contributed by atoms with E-state index >= 15 is 0 Å². The maximum absolute atomic E-state index is 13.0. The monoisotopic (exact) mass is 516 g/mol. The molecule has 0 atom stereocenters. The molecule has 0 N–H and O–H groups in total. The highest BCUT2D eigenvalue weighted by atomic mass is 35.5. The summed E-state index contributed by atoms with van der Waals surface area (Å²) >= 11 is 31.5. The Labute approximate surface area is 194 Å². The van der Waals surface area contributed by atoms with Gasteiger partial charge in [-0.25, -0.2) is 0 Å². The zero-order valence-corrected chi connectivity index (χ0v) is 19.9. The Morgan fingerprint density at radius 2 is 1.52 bits per heavy atom. The molecule has 0 bridgehead atoms. The average molecular weight is 519 g/mol. The summed E-state index contributed by atoms with van der Waals surface area (Å²) in [5.41, 5.74) is 0.370. The van der Waals surface area contributed by atoms with E-state index < -0.39 is 30.2 Å². The number of sulfonamides is 1. The number of halogens is 5. The minimum Gasteiger partial charge on any atom is -0.367 e. The van der Waals surface area contributed by atoms with Crippen molar-refractivity contribution < 1.29 is 13.2 Å². The Morgan fingerprint density at radius 3 is 2.07 bits per heavy atom. The van der Waals surface area contributed by atoms with Gasteiger partial charge in [0.05, 0.1) is 9.93 Å². The second kappa shape index (κ2) is 8.21. The molecule has 29 heavy (non-hydrogen) atoms. The fraction of sp³-hybridized carbons (Fsp3) is 0.444. The van der Waals surface area contributed by atoms with Gasteiger partial charge in [0.2, 0.25) is 14.4 Å². The van der Waals surface area contributed by atoms with Gasteiger partial charge in [-0.2, -0.15) is 12.8 Å². The van der Waals surface area contributed by atoms with E-state index in [4.69, 9.17) is 58.0 Å². The van der Waals surface area contributed by atoms with Gasteiger partial charge in [-0.3, -0.25) is 4.79 Å². The highest BCUT2D eigenvalue weighted by Gasteiger charge is 2.62. The number of carbonyl (C=O) groups excluding carboxylic acids is 1. The van der Waals surface area contributed by atoms with Crippen LogP contribution in [-0.2, 0) is 14.8 Å². The molecule has 1 aromatic rings. The van der Waals surface area contributed by atoms with E-state index in [1.54, 1.807) is 17.0 Å². The van der Waals surface area contributed by atoms with Gasteiger partial charge in [0.15, 0.2) is 0 Å². The molecule has 1 saturated heterocycles. The van der Waals surface area contributed by atoms with Gasteiger partial charge in [-0.1, -0.05) is 75.7 Å². The number of alkyl halides is 4. The Morgan fingerprint density at radius 1 is 0.966 bits per heavy atom. The molecule has 1 aliphatic heterocycles. The molecule has 1 aliphatic carbocycles. The number of Topliss-reactive ketones (excluding diaryl/α,β-unsaturated/α-hetero) is 1. The SMILES string of the molecule is Cc1ccc(S(=O)(=O)N=C2C(Cl)=C(N3CCCCC3)C(=O)C(Cl)(Cl)C2(Cl)Cl)cc1. The van der Waals surface area contributed by atoms with Crippen molar-refractivity contribution in [2.24, 2.45) is 4.40 Å². The molecule has 0 unspecified atom stereocenters. The lowest BCUT2D eigenvalue weighted by atomic mass is 9.96. The van der Waals surface area contributed by atoms with Crippen molar-refractivity contribution in [2.45, 2.75) is 39.7 Å². The molecule has 11 heteroatoms. The number of benzene rings is 1. The van der Waals surface area contributed by atoms with Crippen molar-refractivity contribution in [1.82, 2.24) is 4.90 Å². The lowest BCUT2D eigenvalue weighted by Crippen LogP contribution is -2.56. The third-order valence-electron chi connectivity index (χ3n) is 4.81. The van der Waals surface area contributed by atoms with Crippen molar-refractivity contribution >= 4 is 79.5 Å². The summed E-state index contributed by atoms with van der Waals surface area (Å²) < 4.78 is 24.7. The third kappa shape index (κ3) is 4.17. The summed E-state index contributed by atoms with van der Waals surface area (Å²) in [4.78, 5) is 14.6. The molecule has 158 valence electrons. The minimum absolute atomic E-state index is 0.0221. The first-order chi connectivity index (χ1) is 13.4. The lowest BCUT2D eigenvalue weighted by Gasteiger charge is -2.41. The summed E-state index contributed by atoms with van der Waals surface area (Å²) in [6.07, 6.45) is 2.67. The van der Waals surface area contributed by atoms with E-state index in [0.717, 1.165) is 24.8 Å². The Bertz CT molecular complexity index is 995. The van der Waals surface area contributed by atoms with Crippen LogP contribution in [0.25, 0.3) is 0 Å². The highest BCUT2D eigenvalue weighted by molar-refractivity contribution is 7.90. The van der Waals surface area contributed by atoms with Crippen LogP contribution in [0.2, 0.25) is 0 Å². The van der Waals surface area contributed by atoms with Crippen molar-refractivity contribution in [3.8, 4) is 0 Å². The first-order valence-electron chi connectivity index (χ1n) is 8.77. The normalized spacial score (nSPS) is 23.6. The summed E-state index contributed by atoms with van der Waals surface area (Å²) in [6.45, 7) is 2.89. The van der Waals surface area contributed by atoms with E-state index in [1.807, 2.05) is 6.92 Å². The number of carbonyl (C=O) groups is 1. The van der Waals surface area contributed by atoms with Crippen LogP contribution in [0, 0.1) is 6.92 Å². The number of rotatable bonds is 3. The van der Waals surface area contributed by atoms with Gasteiger partial charge in [0, 0.05) is 13.1 Å². The molecule has 0 saturated carbocycles. The fourth-order valence-corrected chi connectivity index (χ4v) is 5.66. The molecular formula is C18H17Cl5N2O3S. The number of likely N-dealkylation sites (tertiary alicyclic amines) is 1. The van der Waals surface area contributed by atoms with Gasteiger partial charge >= 0.3 is 0 Å². The Kier molecular flexibility index (Phi) is 6.56. The number of piperidine rings is 1. The predicted molar refractivity (Wildman–Crippen MR) is 118 cm³/mol. The van der Waals surface area contributed by atoms with Gasteiger partial charge < -0.3 is 4.90 Å². The molecule has 1 heterocycles. The number of hydrogen-bond acceptors (Lipinski definition) is 4. The summed E-state index contributed by atoms with van der Waals surface area (Å²) in [5.74, 6) is -0.788. The largest absolute Gasteiger partial charge is 0.367 e. The smallest absolute Gasteiger partial charge is 0.282 e. The summed E-state index contributed by atoms with van der Waals surface area (Å²) in [6, 6.07) is 6.03. The van der Waals surface area contributed by atoms with Crippen LogP contribution >= 0.6 is 58.0 Å². The van der Waals surface area contributed by atoms with Crippen LogP contribution in [-0.4, -0.2) is 46.6 Å². The molecule has 1 fully saturated rings. The minimum atomic E-state index is -4.25. The van der Waals surface area contributed by atoms with Crippen molar-refractivity contribution in [2.75, 3.05) is 13.1 Å². The van der Waals surface area contributed by atoms with E-state index in [9.17, 15) is 13.2 Å². The van der Waals surface area contributed by atoms with Gasteiger partial charge in [0.25, 0.3) is 10.0 Å². The van der Waals surface area contributed by atoms with Crippen molar-refractivity contribution in [3.05, 3.63) is 40.6 Å². The topological polar surface area (TPSA) is 66.8 Å². The second-order valence-corrected chi connectivity index (χ2v) is 11.6. The first-order valence-corrected chi connectivity index (χ1v) is 12.1. The molecule has 3 rings (SSSR count). The summed E-state index contributed by atoms with van der Waals surface area (Å²) in [7, 11) is -4.25. The van der Waals surface area contributed by atoms with E-state index in [-0.39, 0.29) is 15.6 Å². The zero-order chi connectivity index (χ0) is 21.6. The van der Waals surface area contributed by atoms with Crippen LogP contribution in [0.4, 0.5) is 0 Å². The van der Waals surface area contributed by atoms with Crippen molar-refractivity contribution in [1.29, 1.82) is 0 Å². The highest BCUT2D eigenvalue weighted by Crippen LogP contribution is 2.52. The molecule has 0 radical (unpaired) electrons. The van der Waals surface area contributed by atoms with Crippen LogP contribution in [0.5, 0.6) is 0 Å². The van der Waals surface area contributed by atoms with E-state index in [0.29, 0.717) is 13.1 Å². The van der Waals surface area contributed by atoms with E-state index in [1.165, 1.54) is 12.1 Å². The average Bonchev–Trinajstić information content (AvgIpc) is 2.66. The molecule has 0 aromatic heterocycles. The maximum atomic E-state index is 13.0. The number of allylic oxidation sites excluding steroid dienone is 2. The predicted octanol–water partition coefficient (Wildman–Crippen LogP) is 4.99. The molecule has 2 aliphatic rings.